The number of hydrogen-bond acceptors (Lipinski definition) is 3. The second-order valence-electron chi connectivity index (χ2n) is 2.97. The molecule has 0 aromatic carbocycles. The van der Waals surface area contributed by atoms with Crippen molar-refractivity contribution in [3.05, 3.63) is 46.4 Å². The average molecular weight is 187 g/mol. The number of hydrogen-bond donors (Lipinski definition) is 1. The van der Waals surface area contributed by atoms with Crippen LogP contribution in [0.3, 0.4) is 0 Å². The van der Waals surface area contributed by atoms with Crippen LogP contribution in [0.5, 0.6) is 0 Å². The average Bonchev–Trinajstić information content (AvgIpc) is 2.19. The molecule has 0 saturated carbocycles. The highest BCUT2D eigenvalue weighted by Crippen LogP contribution is 2.11. The zero-order chi connectivity index (χ0) is 9.97. The van der Waals surface area contributed by atoms with Gasteiger partial charge in [0.25, 0.3) is 5.56 Å². The molecule has 0 bridgehead atoms. The van der Waals surface area contributed by atoms with Gasteiger partial charge in [0.1, 0.15) is 5.69 Å². The lowest BCUT2D eigenvalue weighted by atomic mass is 10.2. The first-order valence-electron chi connectivity index (χ1n) is 4.25. The minimum absolute atomic E-state index is 0.207. The Balaban J connectivity index is 2.49. The summed E-state index contributed by atoms with van der Waals surface area (Å²) in [5, 5.41) is 6.26. The van der Waals surface area contributed by atoms with Crippen molar-refractivity contribution in [1.82, 2.24) is 15.2 Å². The van der Waals surface area contributed by atoms with E-state index >= 15 is 0 Å². The topological polar surface area (TPSA) is 58.6 Å². The molecule has 0 radical (unpaired) electrons. The summed E-state index contributed by atoms with van der Waals surface area (Å²) in [6.07, 6.45) is 0. The van der Waals surface area contributed by atoms with E-state index in [0.717, 1.165) is 11.4 Å². The van der Waals surface area contributed by atoms with Crippen molar-refractivity contribution in [1.29, 1.82) is 0 Å². The SMILES string of the molecule is Cc1cccc(-c2ccc(=O)[nH]n2)n1. The van der Waals surface area contributed by atoms with E-state index in [-0.39, 0.29) is 5.56 Å². The van der Waals surface area contributed by atoms with E-state index in [1.165, 1.54) is 6.07 Å². The largest absolute Gasteiger partial charge is 0.268 e. The van der Waals surface area contributed by atoms with Gasteiger partial charge in [0.15, 0.2) is 0 Å². The fraction of sp³-hybridized carbons (Fsp3) is 0.100. The molecule has 0 aliphatic heterocycles. The molecule has 0 spiro atoms. The van der Waals surface area contributed by atoms with Gasteiger partial charge in [-0.25, -0.2) is 5.10 Å². The summed E-state index contributed by atoms with van der Waals surface area (Å²) in [5.41, 5.74) is 2.16. The number of pyridine rings is 1. The van der Waals surface area contributed by atoms with Crippen LogP contribution in [0.1, 0.15) is 5.69 Å². The predicted octanol–water partition coefficient (Wildman–Crippen LogP) is 1.14. The fourth-order valence-corrected chi connectivity index (χ4v) is 1.17. The molecule has 1 N–H and O–H groups in total. The quantitative estimate of drug-likeness (QED) is 0.728. The lowest BCUT2D eigenvalue weighted by Crippen LogP contribution is -2.06. The molecule has 4 nitrogen and oxygen atoms in total. The van der Waals surface area contributed by atoms with Crippen LogP contribution >= 0.6 is 0 Å². The van der Waals surface area contributed by atoms with Crippen LogP contribution in [0.2, 0.25) is 0 Å². The monoisotopic (exact) mass is 187 g/mol. The Kier molecular flexibility index (Phi) is 2.10. The number of aromatic nitrogens is 3. The molecule has 2 heterocycles. The van der Waals surface area contributed by atoms with Gasteiger partial charge in [-0.15, -0.1) is 0 Å². The highest BCUT2D eigenvalue weighted by Gasteiger charge is 1.99. The first-order valence-corrected chi connectivity index (χ1v) is 4.25. The summed E-state index contributed by atoms with van der Waals surface area (Å²) < 4.78 is 0. The van der Waals surface area contributed by atoms with E-state index in [9.17, 15) is 4.79 Å². The zero-order valence-electron chi connectivity index (χ0n) is 7.69. The Labute approximate surface area is 80.6 Å². The first kappa shape index (κ1) is 8.62. The van der Waals surface area contributed by atoms with Crippen molar-refractivity contribution in [3.63, 3.8) is 0 Å². The first-order chi connectivity index (χ1) is 6.75. The molecule has 0 aliphatic carbocycles. The molecule has 0 atom stereocenters. The molecular formula is C10H9N3O. The highest BCUT2D eigenvalue weighted by molar-refractivity contribution is 5.52. The summed E-state index contributed by atoms with van der Waals surface area (Å²) in [6, 6.07) is 8.76. The molecule has 2 aromatic heterocycles. The van der Waals surface area contributed by atoms with Crippen molar-refractivity contribution in [2.24, 2.45) is 0 Å². The van der Waals surface area contributed by atoms with Crippen molar-refractivity contribution < 1.29 is 0 Å². The van der Waals surface area contributed by atoms with Crippen molar-refractivity contribution >= 4 is 0 Å². The van der Waals surface area contributed by atoms with Gasteiger partial charge in [0.05, 0.1) is 5.69 Å². The summed E-state index contributed by atoms with van der Waals surface area (Å²) in [7, 11) is 0. The van der Waals surface area contributed by atoms with Gasteiger partial charge in [-0.2, -0.15) is 5.10 Å². The third kappa shape index (κ3) is 1.69. The number of H-pyrrole nitrogens is 1. The molecule has 14 heavy (non-hydrogen) atoms. The van der Waals surface area contributed by atoms with Crippen LogP contribution in [0.25, 0.3) is 11.4 Å². The molecule has 70 valence electrons. The minimum atomic E-state index is -0.207. The Morgan fingerprint density at radius 2 is 2.00 bits per heavy atom. The van der Waals surface area contributed by atoms with E-state index in [1.807, 2.05) is 25.1 Å². The van der Waals surface area contributed by atoms with Gasteiger partial charge in [-0.3, -0.25) is 9.78 Å². The summed E-state index contributed by atoms with van der Waals surface area (Å²) >= 11 is 0. The maximum Gasteiger partial charge on any atom is 0.264 e. The second kappa shape index (κ2) is 3.41. The Morgan fingerprint density at radius 1 is 1.14 bits per heavy atom. The molecule has 0 amide bonds. The van der Waals surface area contributed by atoms with Crippen LogP contribution in [0.4, 0.5) is 0 Å². The van der Waals surface area contributed by atoms with Gasteiger partial charge in [0, 0.05) is 11.8 Å². The van der Waals surface area contributed by atoms with Gasteiger partial charge < -0.3 is 0 Å². The van der Waals surface area contributed by atoms with Gasteiger partial charge in [0.2, 0.25) is 0 Å². The van der Waals surface area contributed by atoms with E-state index in [0.29, 0.717) is 5.69 Å². The van der Waals surface area contributed by atoms with Crippen LogP contribution in [-0.2, 0) is 0 Å². The van der Waals surface area contributed by atoms with E-state index in [2.05, 4.69) is 15.2 Å². The lowest BCUT2D eigenvalue weighted by molar-refractivity contribution is 0.986. The number of rotatable bonds is 1. The Bertz CT molecular complexity index is 484. The standard InChI is InChI=1S/C10H9N3O/c1-7-3-2-4-8(11-7)9-5-6-10(14)13-12-9/h2-6H,1H3,(H,13,14). The summed E-state index contributed by atoms with van der Waals surface area (Å²) in [4.78, 5) is 15.1. The van der Waals surface area contributed by atoms with Gasteiger partial charge in [-0.05, 0) is 25.1 Å². The number of nitrogens with one attached hydrogen (secondary N) is 1. The van der Waals surface area contributed by atoms with E-state index in [4.69, 9.17) is 0 Å². The third-order valence-corrected chi connectivity index (χ3v) is 1.83. The van der Waals surface area contributed by atoms with Crippen LogP contribution < -0.4 is 5.56 Å². The number of aromatic amines is 1. The highest BCUT2D eigenvalue weighted by atomic mass is 16.1. The van der Waals surface area contributed by atoms with Crippen molar-refractivity contribution in [3.8, 4) is 11.4 Å². The Hall–Kier alpha value is -1.97. The molecule has 0 fully saturated rings. The van der Waals surface area contributed by atoms with Crippen molar-refractivity contribution in [2.75, 3.05) is 0 Å². The summed E-state index contributed by atoms with van der Waals surface area (Å²) in [6.45, 7) is 1.91. The van der Waals surface area contributed by atoms with Crippen LogP contribution in [0, 0.1) is 6.92 Å². The minimum Gasteiger partial charge on any atom is -0.268 e. The van der Waals surface area contributed by atoms with Crippen LogP contribution in [0.15, 0.2) is 35.1 Å². The molecule has 0 aliphatic rings. The summed E-state index contributed by atoms with van der Waals surface area (Å²) in [5.74, 6) is 0. The van der Waals surface area contributed by atoms with Gasteiger partial charge in [-0.1, -0.05) is 6.07 Å². The normalized spacial score (nSPS) is 10.1. The third-order valence-electron chi connectivity index (χ3n) is 1.83. The van der Waals surface area contributed by atoms with E-state index in [1.54, 1.807) is 6.07 Å². The molecule has 2 aromatic rings. The Morgan fingerprint density at radius 3 is 2.64 bits per heavy atom. The molecule has 4 heteroatoms. The maximum absolute atomic E-state index is 10.8. The number of nitrogens with zero attached hydrogens (tertiary/aromatic N) is 2. The molecule has 0 saturated heterocycles. The van der Waals surface area contributed by atoms with E-state index < -0.39 is 0 Å². The molecule has 2 rings (SSSR count). The number of aryl methyl sites for hydroxylation is 1. The van der Waals surface area contributed by atoms with Crippen LogP contribution in [-0.4, -0.2) is 15.2 Å². The molecular weight excluding hydrogens is 178 g/mol. The van der Waals surface area contributed by atoms with Crippen molar-refractivity contribution in [2.45, 2.75) is 6.92 Å². The lowest BCUT2D eigenvalue weighted by Gasteiger charge is -1.98. The molecule has 0 unspecified atom stereocenters. The predicted molar refractivity (Wildman–Crippen MR) is 52.8 cm³/mol. The smallest absolute Gasteiger partial charge is 0.264 e. The van der Waals surface area contributed by atoms with Gasteiger partial charge >= 0.3 is 0 Å². The maximum atomic E-state index is 10.8. The zero-order valence-corrected chi connectivity index (χ0v) is 7.69. The second-order valence-corrected chi connectivity index (χ2v) is 2.97. The fourth-order valence-electron chi connectivity index (χ4n) is 1.17.